The van der Waals surface area contributed by atoms with Crippen LogP contribution in [-0.2, 0) is 4.79 Å². The molecular weight excluding hydrogens is 719 g/mol. The number of unbranched alkanes of at least 4 members (excludes halogenated alkanes) is 31. The van der Waals surface area contributed by atoms with Gasteiger partial charge in [0.15, 0.2) is 0 Å². The molecule has 6 nitrogen and oxygen atoms in total. The van der Waals surface area contributed by atoms with E-state index in [-0.39, 0.29) is 0 Å². The fraction of sp³-hybridized carbons (Fsp3) is 0.865. The van der Waals surface area contributed by atoms with E-state index in [9.17, 15) is 25.2 Å². The van der Waals surface area contributed by atoms with Crippen molar-refractivity contribution in [1.29, 1.82) is 0 Å². The van der Waals surface area contributed by atoms with E-state index in [1.807, 2.05) is 0 Å². The van der Waals surface area contributed by atoms with Crippen molar-refractivity contribution in [3.63, 3.8) is 0 Å². The highest BCUT2D eigenvalue weighted by molar-refractivity contribution is 5.80. The van der Waals surface area contributed by atoms with E-state index in [0.717, 1.165) is 44.9 Å². The summed E-state index contributed by atoms with van der Waals surface area (Å²) in [5.74, 6) is -0.597. The van der Waals surface area contributed by atoms with Gasteiger partial charge in [-0.2, -0.15) is 0 Å². The van der Waals surface area contributed by atoms with Crippen LogP contribution in [0.25, 0.3) is 0 Å². The predicted octanol–water partition coefficient (Wildman–Crippen LogP) is 14.1. The summed E-state index contributed by atoms with van der Waals surface area (Å²) in [4.78, 5) is 12.5. The lowest BCUT2D eigenvalue weighted by atomic mass is 10.00. The number of carbonyl (C=O) groups is 1. The number of aliphatic hydroxyl groups excluding tert-OH is 4. The van der Waals surface area contributed by atoms with Gasteiger partial charge in [0.25, 0.3) is 0 Å². The molecule has 0 spiro atoms. The van der Waals surface area contributed by atoms with Crippen LogP contribution < -0.4 is 5.32 Å². The topological polar surface area (TPSA) is 110 Å². The maximum absolute atomic E-state index is 12.5. The van der Waals surface area contributed by atoms with E-state index in [1.54, 1.807) is 0 Å². The van der Waals surface area contributed by atoms with Crippen LogP contribution in [0.2, 0.25) is 0 Å². The average Bonchev–Trinajstić information content (AvgIpc) is 3.23. The second-order valence-electron chi connectivity index (χ2n) is 17.5. The fourth-order valence-corrected chi connectivity index (χ4v) is 7.77. The second-order valence-corrected chi connectivity index (χ2v) is 17.5. The third kappa shape index (κ3) is 40.0. The number of aliphatic hydroxyl groups is 4. The Morgan fingerprint density at radius 2 is 0.724 bits per heavy atom. The van der Waals surface area contributed by atoms with Crippen LogP contribution >= 0.6 is 0 Å². The van der Waals surface area contributed by atoms with E-state index >= 15 is 0 Å². The molecule has 0 heterocycles. The Labute approximate surface area is 360 Å². The van der Waals surface area contributed by atoms with Crippen LogP contribution in [0.1, 0.15) is 258 Å². The molecule has 58 heavy (non-hydrogen) atoms. The number of hydrogen-bond donors (Lipinski definition) is 5. The summed E-state index contributed by atoms with van der Waals surface area (Å²) in [5, 5.41) is 43.7. The van der Waals surface area contributed by atoms with Crippen molar-refractivity contribution in [2.24, 2.45) is 0 Å². The summed E-state index contributed by atoms with van der Waals surface area (Å²) < 4.78 is 0. The van der Waals surface area contributed by atoms with Crippen LogP contribution in [0.4, 0.5) is 0 Å². The van der Waals surface area contributed by atoms with Gasteiger partial charge in [-0.1, -0.05) is 217 Å². The van der Waals surface area contributed by atoms with Crippen LogP contribution in [0, 0.1) is 0 Å². The lowest BCUT2D eigenvalue weighted by Gasteiger charge is -2.27. The van der Waals surface area contributed by atoms with Gasteiger partial charge in [-0.3, -0.25) is 4.79 Å². The molecule has 0 aromatic rings. The summed E-state index contributed by atoms with van der Waals surface area (Å²) in [6.45, 7) is 4.02. The largest absolute Gasteiger partial charge is 0.394 e. The van der Waals surface area contributed by atoms with Gasteiger partial charge in [0, 0.05) is 0 Å². The van der Waals surface area contributed by atoms with Crippen LogP contribution in [0.5, 0.6) is 0 Å². The molecule has 0 saturated heterocycles. The Hall–Kier alpha value is -1.47. The van der Waals surface area contributed by atoms with E-state index < -0.39 is 36.9 Å². The maximum Gasteiger partial charge on any atom is 0.249 e. The first-order valence-electron chi connectivity index (χ1n) is 25.4. The van der Waals surface area contributed by atoms with E-state index in [0.29, 0.717) is 19.3 Å². The standard InChI is InChI=1S/C52H99NO5/c1-3-5-7-9-11-13-15-17-18-19-20-21-22-23-24-25-26-27-28-29-30-31-32-34-36-38-40-42-44-46-50(56)52(58)53-48(47-54)51(57)49(55)45-43-41-39-37-35-33-16-14-12-10-8-6-4-2/h14,16,23-24,37,39,48-51,54-57H,3-13,15,17-22,25-36,38,40-47H2,1-2H3,(H,53,58)/b16-14+,24-23-,39-37+. The molecule has 0 aliphatic rings. The number of nitrogens with one attached hydrogen (secondary N) is 1. The molecule has 0 rings (SSSR count). The SMILES string of the molecule is CCCCCC/C=C/CC/C=C/CCCC(O)C(O)C(CO)NC(=O)C(O)CCCCCCCCCCCCCCC/C=C\CCCCCCCCCCCCCC. The molecule has 0 bridgehead atoms. The smallest absolute Gasteiger partial charge is 0.249 e. The highest BCUT2D eigenvalue weighted by atomic mass is 16.3. The van der Waals surface area contributed by atoms with Crippen molar-refractivity contribution in [2.45, 2.75) is 282 Å². The zero-order chi connectivity index (χ0) is 42.4. The first kappa shape index (κ1) is 56.5. The minimum Gasteiger partial charge on any atom is -0.394 e. The van der Waals surface area contributed by atoms with Gasteiger partial charge in [-0.25, -0.2) is 0 Å². The highest BCUT2D eigenvalue weighted by Gasteiger charge is 2.28. The van der Waals surface area contributed by atoms with Gasteiger partial charge in [0.2, 0.25) is 5.91 Å². The summed E-state index contributed by atoms with van der Waals surface area (Å²) in [6.07, 6.45) is 56.4. The average molecular weight is 818 g/mol. The van der Waals surface area contributed by atoms with Gasteiger partial charge >= 0.3 is 0 Å². The first-order valence-corrected chi connectivity index (χ1v) is 25.4. The Morgan fingerprint density at radius 1 is 0.414 bits per heavy atom. The van der Waals surface area contributed by atoms with Crippen molar-refractivity contribution in [3.8, 4) is 0 Å². The normalized spacial score (nSPS) is 14.2. The monoisotopic (exact) mass is 818 g/mol. The number of allylic oxidation sites excluding steroid dienone is 6. The van der Waals surface area contributed by atoms with Crippen molar-refractivity contribution in [2.75, 3.05) is 6.61 Å². The van der Waals surface area contributed by atoms with Crippen molar-refractivity contribution in [1.82, 2.24) is 5.32 Å². The molecule has 0 fully saturated rings. The van der Waals surface area contributed by atoms with Gasteiger partial charge in [-0.15, -0.1) is 0 Å². The van der Waals surface area contributed by atoms with Crippen LogP contribution in [0.3, 0.4) is 0 Å². The van der Waals surface area contributed by atoms with Gasteiger partial charge in [0.05, 0.1) is 18.8 Å². The third-order valence-electron chi connectivity index (χ3n) is 11.8. The Morgan fingerprint density at radius 3 is 1.10 bits per heavy atom. The summed E-state index contributed by atoms with van der Waals surface area (Å²) in [6, 6.07) is -1.01. The van der Waals surface area contributed by atoms with E-state index in [2.05, 4.69) is 55.6 Å². The number of amides is 1. The van der Waals surface area contributed by atoms with Gasteiger partial charge < -0.3 is 25.7 Å². The fourth-order valence-electron chi connectivity index (χ4n) is 7.77. The predicted molar refractivity (Wildman–Crippen MR) is 251 cm³/mol. The maximum atomic E-state index is 12.5. The Kier molecular flexibility index (Phi) is 45.4. The number of carbonyl (C=O) groups excluding carboxylic acids is 1. The van der Waals surface area contributed by atoms with Gasteiger partial charge in [-0.05, 0) is 77.0 Å². The second kappa shape index (κ2) is 46.6. The molecule has 4 unspecified atom stereocenters. The van der Waals surface area contributed by atoms with E-state index in [1.165, 1.54) is 180 Å². The summed E-state index contributed by atoms with van der Waals surface area (Å²) in [5.41, 5.74) is 0. The lowest BCUT2D eigenvalue weighted by Crippen LogP contribution is -2.53. The van der Waals surface area contributed by atoms with Crippen LogP contribution in [0.15, 0.2) is 36.5 Å². The molecule has 1 amide bonds. The molecule has 5 N–H and O–H groups in total. The molecule has 342 valence electrons. The Balaban J connectivity index is 3.63. The Bertz CT molecular complexity index is 919. The lowest BCUT2D eigenvalue weighted by molar-refractivity contribution is -0.132. The number of rotatable bonds is 46. The molecule has 0 aliphatic heterocycles. The van der Waals surface area contributed by atoms with Crippen molar-refractivity contribution >= 4 is 5.91 Å². The van der Waals surface area contributed by atoms with Crippen LogP contribution in [-0.4, -0.2) is 57.3 Å². The molecule has 6 heteroatoms. The van der Waals surface area contributed by atoms with E-state index in [4.69, 9.17) is 0 Å². The molecule has 0 aromatic carbocycles. The third-order valence-corrected chi connectivity index (χ3v) is 11.8. The molecule has 0 radical (unpaired) electrons. The zero-order valence-electron chi connectivity index (χ0n) is 38.5. The molecule has 4 atom stereocenters. The number of hydrogen-bond acceptors (Lipinski definition) is 5. The molecule has 0 aromatic heterocycles. The zero-order valence-corrected chi connectivity index (χ0v) is 38.5. The quantitative estimate of drug-likeness (QED) is 0.0310. The summed E-state index contributed by atoms with van der Waals surface area (Å²) in [7, 11) is 0. The molecule has 0 aliphatic carbocycles. The summed E-state index contributed by atoms with van der Waals surface area (Å²) >= 11 is 0. The minimum atomic E-state index is -1.29. The van der Waals surface area contributed by atoms with Crippen molar-refractivity contribution < 1.29 is 25.2 Å². The molecule has 0 saturated carbocycles. The molecular formula is C52H99NO5. The van der Waals surface area contributed by atoms with Gasteiger partial charge in [0.1, 0.15) is 12.2 Å². The highest BCUT2D eigenvalue weighted by Crippen LogP contribution is 2.16. The minimum absolute atomic E-state index is 0.361. The first-order chi connectivity index (χ1) is 28.5. The van der Waals surface area contributed by atoms with Crippen molar-refractivity contribution in [3.05, 3.63) is 36.5 Å².